The van der Waals surface area contributed by atoms with E-state index in [1.807, 2.05) is 23.1 Å². The molecule has 1 aliphatic heterocycles. The third kappa shape index (κ3) is 3.57. The van der Waals surface area contributed by atoms with Crippen LogP contribution in [-0.2, 0) is 0 Å². The Labute approximate surface area is 164 Å². The van der Waals surface area contributed by atoms with Gasteiger partial charge in [0.05, 0.1) is 23.5 Å². The molecule has 0 spiro atoms. The maximum atomic E-state index is 14.7. The van der Waals surface area contributed by atoms with Crippen LogP contribution in [0.15, 0.2) is 30.5 Å². The number of carbonyl (C=O) groups is 1. The number of hydrogen-bond acceptors (Lipinski definition) is 5. The summed E-state index contributed by atoms with van der Waals surface area (Å²) < 4.78 is 14.7. The number of amides is 1. The summed E-state index contributed by atoms with van der Waals surface area (Å²) in [7, 11) is 0. The number of carboxylic acid groups (broad SMARTS) is 1. The Morgan fingerprint density at radius 3 is 2.82 bits per heavy atom. The fraction of sp³-hybridized carbons (Fsp3) is 0.333. The van der Waals surface area contributed by atoms with Crippen molar-refractivity contribution < 1.29 is 14.3 Å². The van der Waals surface area contributed by atoms with E-state index in [4.69, 9.17) is 16.7 Å². The minimum Gasteiger partial charge on any atom is -0.465 e. The number of aromatic amines is 1. The molecule has 2 aromatic heterocycles. The Bertz CT molecular complexity index is 1020. The number of anilines is 1. The maximum Gasteiger partial charge on any atom is 0.404 e. The molecule has 0 atom stereocenters. The monoisotopic (exact) mass is 404 g/mol. The van der Waals surface area contributed by atoms with E-state index in [0.717, 1.165) is 5.56 Å². The predicted molar refractivity (Wildman–Crippen MR) is 103 cm³/mol. The first-order chi connectivity index (χ1) is 13.5. The summed E-state index contributed by atoms with van der Waals surface area (Å²) in [6.07, 6.45) is 0.833. The zero-order chi connectivity index (χ0) is 19.7. The average Bonchev–Trinajstić information content (AvgIpc) is 3.10. The lowest BCUT2D eigenvalue weighted by Gasteiger charge is -2.36. The Morgan fingerprint density at radius 1 is 1.36 bits per heavy atom. The van der Waals surface area contributed by atoms with Gasteiger partial charge in [-0.15, -0.1) is 0 Å². The van der Waals surface area contributed by atoms with E-state index in [9.17, 15) is 9.18 Å². The van der Waals surface area contributed by atoms with Gasteiger partial charge in [-0.2, -0.15) is 5.10 Å². The number of rotatable bonds is 4. The average molecular weight is 405 g/mol. The maximum absolute atomic E-state index is 14.7. The van der Waals surface area contributed by atoms with Gasteiger partial charge >= 0.3 is 6.09 Å². The minimum atomic E-state index is -1.55. The first-order valence-corrected chi connectivity index (χ1v) is 9.20. The van der Waals surface area contributed by atoms with Crippen molar-refractivity contribution in [2.45, 2.75) is 18.5 Å². The van der Waals surface area contributed by atoms with Gasteiger partial charge in [0.25, 0.3) is 0 Å². The number of nitrogens with one attached hydrogen (secondary N) is 2. The largest absolute Gasteiger partial charge is 0.465 e. The molecule has 10 heteroatoms. The van der Waals surface area contributed by atoms with Crippen molar-refractivity contribution in [1.82, 2.24) is 25.5 Å². The van der Waals surface area contributed by atoms with Gasteiger partial charge in [0.15, 0.2) is 0 Å². The molecule has 146 valence electrons. The number of nitrogens with zero attached hydrogens (tertiary/aromatic N) is 4. The van der Waals surface area contributed by atoms with Crippen LogP contribution in [0.3, 0.4) is 0 Å². The van der Waals surface area contributed by atoms with E-state index in [1.165, 1.54) is 0 Å². The molecule has 8 nitrogen and oxygen atoms in total. The summed E-state index contributed by atoms with van der Waals surface area (Å²) in [6, 6.07) is 7.40. The highest BCUT2D eigenvalue weighted by atomic mass is 35.5. The summed E-state index contributed by atoms with van der Waals surface area (Å²) in [4.78, 5) is 21.6. The Hall–Kier alpha value is -2.94. The molecular weight excluding hydrogens is 387 g/mol. The SMILES string of the molecule is O=C(O)NCC1(F)CCN(c2cnc3c(-c4ccccc4Cl)[nH]nc3n2)CC1. The van der Waals surface area contributed by atoms with Crippen LogP contribution in [-0.4, -0.2) is 56.7 Å². The number of halogens is 2. The summed E-state index contributed by atoms with van der Waals surface area (Å²) in [5.74, 6) is 0.609. The van der Waals surface area contributed by atoms with Crippen molar-refractivity contribution in [3.8, 4) is 11.3 Å². The van der Waals surface area contributed by atoms with Crippen LogP contribution in [0, 0.1) is 0 Å². The van der Waals surface area contributed by atoms with Gasteiger partial charge in [-0.1, -0.05) is 29.8 Å². The van der Waals surface area contributed by atoms with Crippen LogP contribution in [0.1, 0.15) is 12.8 Å². The third-order valence-corrected chi connectivity index (χ3v) is 5.26. The van der Waals surface area contributed by atoms with Crippen LogP contribution < -0.4 is 10.2 Å². The molecule has 1 amide bonds. The normalized spacial score (nSPS) is 16.3. The van der Waals surface area contributed by atoms with Crippen LogP contribution >= 0.6 is 11.6 Å². The fourth-order valence-corrected chi connectivity index (χ4v) is 3.57. The van der Waals surface area contributed by atoms with Crippen LogP contribution in [0.5, 0.6) is 0 Å². The molecule has 3 N–H and O–H groups in total. The van der Waals surface area contributed by atoms with E-state index < -0.39 is 11.8 Å². The number of H-pyrrole nitrogens is 1. The Kier molecular flexibility index (Phi) is 4.76. The highest BCUT2D eigenvalue weighted by molar-refractivity contribution is 6.33. The number of piperidine rings is 1. The van der Waals surface area contributed by atoms with Gasteiger partial charge in [0.1, 0.15) is 17.0 Å². The van der Waals surface area contributed by atoms with Crippen molar-refractivity contribution in [3.05, 3.63) is 35.5 Å². The third-order valence-electron chi connectivity index (χ3n) is 4.93. The Morgan fingerprint density at radius 2 is 2.11 bits per heavy atom. The molecule has 0 aliphatic carbocycles. The van der Waals surface area contributed by atoms with Crippen LogP contribution in [0.2, 0.25) is 5.02 Å². The van der Waals surface area contributed by atoms with Crippen LogP contribution in [0.4, 0.5) is 15.0 Å². The number of hydrogen-bond donors (Lipinski definition) is 3. The quantitative estimate of drug-likeness (QED) is 0.616. The highest BCUT2D eigenvalue weighted by Gasteiger charge is 2.35. The van der Waals surface area contributed by atoms with E-state index in [-0.39, 0.29) is 19.4 Å². The second-order valence-corrected chi connectivity index (χ2v) is 7.18. The molecule has 4 rings (SSSR count). The second kappa shape index (κ2) is 7.23. The molecule has 0 bridgehead atoms. The summed E-state index contributed by atoms with van der Waals surface area (Å²) >= 11 is 6.26. The standard InChI is InChI=1S/C18H18ClFN6O2/c19-12-4-2-1-3-11(12)14-15-16(25-24-14)23-13(9-21-15)26-7-5-18(20,6-8-26)10-22-17(27)28/h1-4,9,22H,5-8,10H2,(H,27,28)(H,23,24,25). The van der Waals surface area contributed by atoms with E-state index in [2.05, 4.69) is 25.5 Å². The summed E-state index contributed by atoms with van der Waals surface area (Å²) in [5, 5.41) is 18.6. The number of alkyl halides is 1. The lowest BCUT2D eigenvalue weighted by molar-refractivity contribution is 0.118. The van der Waals surface area contributed by atoms with Crippen molar-refractivity contribution >= 4 is 34.7 Å². The smallest absolute Gasteiger partial charge is 0.404 e. The first kappa shape index (κ1) is 18.4. The first-order valence-electron chi connectivity index (χ1n) is 8.82. The minimum absolute atomic E-state index is 0.207. The summed E-state index contributed by atoms with van der Waals surface area (Å²) in [5.41, 5.74) is 1.01. The highest BCUT2D eigenvalue weighted by Crippen LogP contribution is 2.32. The fourth-order valence-electron chi connectivity index (χ4n) is 3.34. The molecule has 1 fully saturated rings. The number of fused-ring (bicyclic) bond motifs is 1. The van der Waals surface area contributed by atoms with Gasteiger partial charge in [-0.3, -0.25) is 5.10 Å². The van der Waals surface area contributed by atoms with E-state index in [1.54, 1.807) is 12.3 Å². The molecule has 1 aromatic carbocycles. The molecule has 3 heterocycles. The van der Waals surface area contributed by atoms with Crippen LogP contribution in [0.25, 0.3) is 22.4 Å². The summed E-state index contributed by atoms with van der Waals surface area (Å²) in [6.45, 7) is 0.626. The molecule has 1 saturated heterocycles. The van der Waals surface area contributed by atoms with Gasteiger partial charge in [-0.25, -0.2) is 19.2 Å². The van der Waals surface area contributed by atoms with E-state index >= 15 is 0 Å². The van der Waals surface area contributed by atoms with E-state index in [0.29, 0.717) is 40.8 Å². The zero-order valence-corrected chi connectivity index (χ0v) is 15.6. The molecule has 1 aliphatic rings. The van der Waals surface area contributed by atoms with Crippen molar-refractivity contribution in [2.75, 3.05) is 24.5 Å². The van der Waals surface area contributed by atoms with Gasteiger partial charge in [-0.05, 0) is 6.07 Å². The molecule has 28 heavy (non-hydrogen) atoms. The Balaban J connectivity index is 1.52. The molecule has 0 unspecified atom stereocenters. The molecule has 0 saturated carbocycles. The number of aromatic nitrogens is 4. The lowest BCUT2D eigenvalue weighted by atomic mass is 9.93. The van der Waals surface area contributed by atoms with Gasteiger partial charge in [0.2, 0.25) is 5.65 Å². The topological polar surface area (TPSA) is 107 Å². The van der Waals surface area contributed by atoms with Gasteiger partial charge in [0, 0.05) is 31.5 Å². The van der Waals surface area contributed by atoms with Crippen molar-refractivity contribution in [3.63, 3.8) is 0 Å². The zero-order valence-electron chi connectivity index (χ0n) is 14.8. The predicted octanol–water partition coefficient (Wildman–Crippen LogP) is 3.25. The lowest BCUT2D eigenvalue weighted by Crippen LogP contribution is -2.48. The van der Waals surface area contributed by atoms with Crippen molar-refractivity contribution in [1.29, 1.82) is 0 Å². The second-order valence-electron chi connectivity index (χ2n) is 6.78. The number of benzene rings is 1. The molecular formula is C18H18ClFN6O2. The molecule has 0 radical (unpaired) electrons. The van der Waals surface area contributed by atoms with Crippen molar-refractivity contribution in [2.24, 2.45) is 0 Å². The van der Waals surface area contributed by atoms with Gasteiger partial charge < -0.3 is 15.3 Å². The molecule has 3 aromatic rings.